The van der Waals surface area contributed by atoms with Crippen LogP contribution in [0.5, 0.6) is 0 Å². The van der Waals surface area contributed by atoms with Crippen molar-refractivity contribution in [2.24, 2.45) is 11.8 Å². The van der Waals surface area contributed by atoms with E-state index < -0.39 is 12.1 Å². The van der Waals surface area contributed by atoms with Gasteiger partial charge in [0, 0.05) is 24.4 Å². The third-order valence-corrected chi connectivity index (χ3v) is 4.67. The topological polar surface area (TPSA) is 97.7 Å². The second-order valence-electron chi connectivity index (χ2n) is 6.80. The predicted molar refractivity (Wildman–Crippen MR) is 94.5 cm³/mol. The summed E-state index contributed by atoms with van der Waals surface area (Å²) in [6, 6.07) is 0. The van der Waals surface area contributed by atoms with Crippen LogP contribution in [0.4, 0.5) is 0 Å². The van der Waals surface area contributed by atoms with Crippen LogP contribution in [0.2, 0.25) is 0 Å². The Morgan fingerprint density at radius 2 is 1.88 bits per heavy atom. The summed E-state index contributed by atoms with van der Waals surface area (Å²) >= 11 is 0. The fourth-order valence-corrected chi connectivity index (χ4v) is 3.17. The highest BCUT2D eigenvalue weighted by Crippen LogP contribution is 2.29. The number of hydrogen-bond acceptors (Lipinski definition) is 5. The van der Waals surface area contributed by atoms with E-state index in [1.165, 1.54) is 0 Å². The molecule has 1 rings (SSSR count). The minimum absolute atomic E-state index is 0.0443. The first-order chi connectivity index (χ1) is 12.0. The lowest BCUT2D eigenvalue weighted by molar-refractivity contribution is -0.305. The van der Waals surface area contributed by atoms with Gasteiger partial charge in [-0.2, -0.15) is 0 Å². The number of allylic oxidation sites excluding steroid dienone is 3. The van der Waals surface area contributed by atoms with Crippen LogP contribution in [-0.2, 0) is 9.59 Å². The van der Waals surface area contributed by atoms with E-state index in [9.17, 15) is 19.8 Å². The maximum Gasteiger partial charge on any atom is 0.159 e. The Balaban J connectivity index is 2.27. The number of aliphatic hydroxyl groups excluding tert-OH is 2. The zero-order chi connectivity index (χ0) is 18.5. The van der Waals surface area contributed by atoms with Gasteiger partial charge in [0.05, 0.1) is 6.10 Å². The average Bonchev–Trinajstić information content (AvgIpc) is 2.93. The molecule has 0 saturated heterocycles. The van der Waals surface area contributed by atoms with Crippen LogP contribution >= 0.6 is 0 Å². The molecule has 0 radical (unpaired) electrons. The first-order valence-corrected chi connectivity index (χ1v) is 9.43. The highest BCUT2D eigenvalue weighted by Gasteiger charge is 2.27. The number of rotatable bonds is 14. The molecular formula is C20H31O5-. The van der Waals surface area contributed by atoms with Gasteiger partial charge in [0.1, 0.15) is 0 Å². The Labute approximate surface area is 150 Å². The van der Waals surface area contributed by atoms with Crippen molar-refractivity contribution in [1.82, 2.24) is 0 Å². The quantitative estimate of drug-likeness (QED) is 0.368. The number of carbonyl (C=O) groups excluding carboxylic acids is 2. The summed E-state index contributed by atoms with van der Waals surface area (Å²) in [6.07, 6.45) is 14.1. The zero-order valence-corrected chi connectivity index (χ0v) is 14.9. The summed E-state index contributed by atoms with van der Waals surface area (Å²) in [5.41, 5.74) is 0. The molecule has 0 aromatic rings. The van der Waals surface area contributed by atoms with Crippen LogP contribution in [0.25, 0.3) is 0 Å². The first-order valence-electron chi connectivity index (χ1n) is 9.43. The molecule has 0 aromatic heterocycles. The van der Waals surface area contributed by atoms with E-state index in [2.05, 4.69) is 0 Å². The van der Waals surface area contributed by atoms with Crippen molar-refractivity contribution in [3.63, 3.8) is 0 Å². The fourth-order valence-electron chi connectivity index (χ4n) is 3.17. The van der Waals surface area contributed by atoms with E-state index in [-0.39, 0.29) is 30.6 Å². The van der Waals surface area contributed by atoms with Gasteiger partial charge >= 0.3 is 0 Å². The second kappa shape index (κ2) is 12.8. The standard InChI is InChI=1S/C20H32O5/c21-15-7-3-4-8-17(22)13-11-16-12-14-19(23)18(16)9-5-1-2-6-10-20(24)25/h11-14,16-18,21-22H,1-10,15H2,(H,24,25)/p-1/b13-11+/t16-,17-,18+/m0/s1. The van der Waals surface area contributed by atoms with E-state index in [1.807, 2.05) is 12.2 Å². The molecule has 0 heterocycles. The molecule has 5 nitrogen and oxygen atoms in total. The van der Waals surface area contributed by atoms with Crippen LogP contribution in [0.1, 0.15) is 64.2 Å². The molecule has 3 atom stereocenters. The molecule has 25 heavy (non-hydrogen) atoms. The predicted octanol–water partition coefficient (Wildman–Crippen LogP) is 1.92. The van der Waals surface area contributed by atoms with E-state index in [4.69, 9.17) is 5.11 Å². The molecule has 0 aromatic carbocycles. The summed E-state index contributed by atoms with van der Waals surface area (Å²) in [5.74, 6) is -0.876. The summed E-state index contributed by atoms with van der Waals surface area (Å²) in [7, 11) is 0. The summed E-state index contributed by atoms with van der Waals surface area (Å²) in [5, 5.41) is 29.0. The second-order valence-corrected chi connectivity index (χ2v) is 6.80. The number of carbonyl (C=O) groups is 2. The van der Waals surface area contributed by atoms with Gasteiger partial charge in [-0.1, -0.05) is 50.3 Å². The molecule has 2 N–H and O–H groups in total. The molecule has 0 saturated carbocycles. The van der Waals surface area contributed by atoms with E-state index >= 15 is 0 Å². The van der Waals surface area contributed by atoms with Crippen LogP contribution < -0.4 is 5.11 Å². The van der Waals surface area contributed by atoms with Gasteiger partial charge in [0.2, 0.25) is 0 Å². The summed E-state index contributed by atoms with van der Waals surface area (Å²) in [6.45, 7) is 0.190. The first kappa shape index (κ1) is 21.6. The summed E-state index contributed by atoms with van der Waals surface area (Å²) in [4.78, 5) is 22.3. The van der Waals surface area contributed by atoms with E-state index in [0.717, 1.165) is 44.9 Å². The summed E-state index contributed by atoms with van der Waals surface area (Å²) < 4.78 is 0. The molecular weight excluding hydrogens is 320 g/mol. The molecule has 0 aliphatic heterocycles. The smallest absolute Gasteiger partial charge is 0.159 e. The minimum atomic E-state index is -1.00. The van der Waals surface area contributed by atoms with Crippen molar-refractivity contribution < 1.29 is 24.9 Å². The Bertz CT molecular complexity index is 455. The maximum atomic E-state index is 12.0. The van der Waals surface area contributed by atoms with Gasteiger partial charge in [-0.25, -0.2) is 0 Å². The van der Waals surface area contributed by atoms with Gasteiger partial charge in [0.15, 0.2) is 5.78 Å². The lowest BCUT2D eigenvalue weighted by Crippen LogP contribution is -2.21. The lowest BCUT2D eigenvalue weighted by Gasteiger charge is -2.15. The largest absolute Gasteiger partial charge is 0.550 e. The molecule has 0 fully saturated rings. The molecule has 0 amide bonds. The van der Waals surface area contributed by atoms with Crippen LogP contribution in [0.15, 0.2) is 24.3 Å². The molecule has 0 unspecified atom stereocenters. The van der Waals surface area contributed by atoms with Gasteiger partial charge in [-0.15, -0.1) is 0 Å². The number of aliphatic carboxylic acids is 1. The monoisotopic (exact) mass is 351 g/mol. The minimum Gasteiger partial charge on any atom is -0.550 e. The number of carboxylic acid groups (broad SMARTS) is 1. The van der Waals surface area contributed by atoms with Gasteiger partial charge in [0.25, 0.3) is 0 Å². The Morgan fingerprint density at radius 1 is 1.16 bits per heavy atom. The Morgan fingerprint density at radius 3 is 2.60 bits per heavy atom. The molecule has 0 spiro atoms. The third-order valence-electron chi connectivity index (χ3n) is 4.67. The molecule has 1 aliphatic rings. The third kappa shape index (κ3) is 9.56. The number of unbranched alkanes of at least 4 members (excludes halogenated alkanes) is 5. The van der Waals surface area contributed by atoms with Crippen molar-refractivity contribution in [2.75, 3.05) is 6.61 Å². The van der Waals surface area contributed by atoms with Crippen molar-refractivity contribution in [3.05, 3.63) is 24.3 Å². The van der Waals surface area contributed by atoms with E-state index in [0.29, 0.717) is 12.8 Å². The highest BCUT2D eigenvalue weighted by atomic mass is 16.4. The number of hydrogen-bond donors (Lipinski definition) is 2. The zero-order valence-electron chi connectivity index (χ0n) is 14.9. The number of ketones is 1. The Hall–Kier alpha value is -1.46. The lowest BCUT2D eigenvalue weighted by atomic mass is 9.88. The van der Waals surface area contributed by atoms with Crippen LogP contribution in [-0.4, -0.2) is 34.7 Å². The normalized spacial score (nSPS) is 21.3. The number of carboxylic acids is 1. The SMILES string of the molecule is O=C([O-])CCCCCC[C@H]1C(=O)C=C[C@@H]1/C=C/[C@@H](O)CCCCCO. The highest BCUT2D eigenvalue weighted by molar-refractivity contribution is 5.94. The molecule has 142 valence electrons. The molecule has 1 aliphatic carbocycles. The van der Waals surface area contributed by atoms with Crippen molar-refractivity contribution in [1.29, 1.82) is 0 Å². The van der Waals surface area contributed by atoms with Gasteiger partial charge in [-0.3, -0.25) is 4.79 Å². The Kier molecular flexibility index (Phi) is 11.1. The van der Waals surface area contributed by atoms with Crippen LogP contribution in [0.3, 0.4) is 0 Å². The van der Waals surface area contributed by atoms with Gasteiger partial charge < -0.3 is 20.1 Å². The van der Waals surface area contributed by atoms with Crippen LogP contribution in [0, 0.1) is 11.8 Å². The number of aliphatic hydroxyl groups is 2. The van der Waals surface area contributed by atoms with Crippen molar-refractivity contribution in [2.45, 2.75) is 70.3 Å². The molecule has 0 bridgehead atoms. The van der Waals surface area contributed by atoms with Crippen molar-refractivity contribution in [3.8, 4) is 0 Å². The maximum absolute atomic E-state index is 12.0. The van der Waals surface area contributed by atoms with Gasteiger partial charge in [-0.05, 0) is 38.2 Å². The fraction of sp³-hybridized carbons (Fsp3) is 0.700. The van der Waals surface area contributed by atoms with Crippen molar-refractivity contribution >= 4 is 11.8 Å². The average molecular weight is 351 g/mol. The molecule has 5 heteroatoms. The van der Waals surface area contributed by atoms with E-state index in [1.54, 1.807) is 12.2 Å².